The lowest BCUT2D eigenvalue weighted by Gasteiger charge is -2.14. The molecule has 0 fully saturated rings. The highest BCUT2D eigenvalue weighted by Crippen LogP contribution is 2.23. The van der Waals surface area contributed by atoms with E-state index in [4.69, 9.17) is 5.11 Å². The Hall–Kier alpha value is -2.48. The molecule has 0 heterocycles. The predicted molar refractivity (Wildman–Crippen MR) is 80.7 cm³/mol. The molecule has 8 heteroatoms. The number of hydrogen-bond acceptors (Lipinski definition) is 5. The number of carbonyl (C=O) groups is 2. The molecule has 1 amide bonds. The lowest BCUT2D eigenvalue weighted by Crippen LogP contribution is -2.40. The zero-order chi connectivity index (χ0) is 16.5. The SMILES string of the molecule is CCCCN[C@H](CC(=O)Nc1ccccc1[N+](=O)[O-])C(=O)O. The van der Waals surface area contributed by atoms with Crippen LogP contribution in [0.1, 0.15) is 26.2 Å². The fraction of sp³-hybridized carbons (Fsp3) is 0.429. The first-order chi connectivity index (χ1) is 10.5. The molecule has 1 aromatic rings. The van der Waals surface area contributed by atoms with Gasteiger partial charge in [0.15, 0.2) is 0 Å². The van der Waals surface area contributed by atoms with E-state index in [1.807, 2.05) is 6.92 Å². The minimum atomic E-state index is -1.13. The maximum Gasteiger partial charge on any atom is 0.321 e. The zero-order valence-electron chi connectivity index (χ0n) is 12.2. The second-order valence-corrected chi connectivity index (χ2v) is 4.73. The van der Waals surface area contributed by atoms with Crippen LogP contribution in [0.2, 0.25) is 0 Å². The number of aliphatic carboxylic acids is 1. The number of carboxylic acids is 1. The number of nitrogens with zero attached hydrogens (tertiary/aromatic N) is 1. The molecule has 1 atom stereocenters. The Morgan fingerprint density at radius 2 is 2.05 bits per heavy atom. The van der Waals surface area contributed by atoms with Crippen LogP contribution < -0.4 is 10.6 Å². The van der Waals surface area contributed by atoms with Crippen LogP contribution in [0.3, 0.4) is 0 Å². The number of hydrogen-bond donors (Lipinski definition) is 3. The van der Waals surface area contributed by atoms with Gasteiger partial charge in [0.2, 0.25) is 5.91 Å². The fourth-order valence-electron chi connectivity index (χ4n) is 1.83. The molecular weight excluding hydrogens is 290 g/mol. The molecule has 0 saturated heterocycles. The zero-order valence-corrected chi connectivity index (χ0v) is 12.2. The van der Waals surface area contributed by atoms with E-state index < -0.39 is 22.8 Å². The van der Waals surface area contributed by atoms with Gasteiger partial charge in [-0.25, -0.2) is 0 Å². The summed E-state index contributed by atoms with van der Waals surface area (Å²) in [5.74, 6) is -1.72. The summed E-state index contributed by atoms with van der Waals surface area (Å²) in [5.41, 5.74) is -0.183. The van der Waals surface area contributed by atoms with E-state index >= 15 is 0 Å². The normalized spacial score (nSPS) is 11.7. The van der Waals surface area contributed by atoms with Crippen LogP contribution in [-0.4, -0.2) is 34.5 Å². The Morgan fingerprint density at radius 1 is 1.36 bits per heavy atom. The van der Waals surface area contributed by atoms with Crippen molar-refractivity contribution in [3.8, 4) is 0 Å². The number of unbranched alkanes of at least 4 members (excludes halogenated alkanes) is 1. The molecule has 8 nitrogen and oxygen atoms in total. The number of amides is 1. The monoisotopic (exact) mass is 309 g/mol. The average molecular weight is 309 g/mol. The van der Waals surface area contributed by atoms with Gasteiger partial charge in [-0.1, -0.05) is 25.5 Å². The van der Waals surface area contributed by atoms with E-state index in [2.05, 4.69) is 10.6 Å². The van der Waals surface area contributed by atoms with Crippen LogP contribution in [0.25, 0.3) is 0 Å². The van der Waals surface area contributed by atoms with E-state index in [-0.39, 0.29) is 17.8 Å². The van der Waals surface area contributed by atoms with Gasteiger partial charge in [-0.05, 0) is 19.0 Å². The molecule has 0 aromatic heterocycles. The van der Waals surface area contributed by atoms with Crippen molar-refractivity contribution in [2.24, 2.45) is 0 Å². The molecule has 0 bridgehead atoms. The van der Waals surface area contributed by atoms with E-state index in [0.29, 0.717) is 6.54 Å². The van der Waals surface area contributed by atoms with Crippen LogP contribution in [0.15, 0.2) is 24.3 Å². The number of rotatable bonds is 9. The molecule has 0 radical (unpaired) electrons. The maximum absolute atomic E-state index is 11.9. The number of carboxylic acid groups (broad SMARTS) is 1. The van der Waals surface area contributed by atoms with Crippen molar-refractivity contribution in [1.82, 2.24) is 5.32 Å². The first-order valence-corrected chi connectivity index (χ1v) is 6.95. The van der Waals surface area contributed by atoms with Crippen molar-refractivity contribution >= 4 is 23.3 Å². The fourth-order valence-corrected chi connectivity index (χ4v) is 1.83. The van der Waals surface area contributed by atoms with E-state index in [1.165, 1.54) is 18.2 Å². The number of nitrogens with one attached hydrogen (secondary N) is 2. The summed E-state index contributed by atoms with van der Waals surface area (Å²) in [6.07, 6.45) is 1.41. The number of carbonyl (C=O) groups excluding carboxylic acids is 1. The van der Waals surface area contributed by atoms with Crippen LogP contribution in [0, 0.1) is 10.1 Å². The largest absolute Gasteiger partial charge is 0.480 e. The van der Waals surface area contributed by atoms with Gasteiger partial charge in [0.05, 0.1) is 11.3 Å². The Morgan fingerprint density at radius 3 is 2.64 bits per heavy atom. The van der Waals surface area contributed by atoms with E-state index in [9.17, 15) is 19.7 Å². The smallest absolute Gasteiger partial charge is 0.321 e. The van der Waals surface area contributed by atoms with E-state index in [1.54, 1.807) is 6.07 Å². The number of nitro groups is 1. The maximum atomic E-state index is 11.9. The quantitative estimate of drug-likeness (QED) is 0.363. The van der Waals surface area contributed by atoms with Crippen molar-refractivity contribution < 1.29 is 19.6 Å². The van der Waals surface area contributed by atoms with Gasteiger partial charge in [-0.2, -0.15) is 0 Å². The Labute approximate surface area is 127 Å². The Balaban J connectivity index is 2.68. The second-order valence-electron chi connectivity index (χ2n) is 4.73. The third-order valence-corrected chi connectivity index (χ3v) is 2.98. The lowest BCUT2D eigenvalue weighted by molar-refractivity contribution is -0.383. The number of nitro benzene ring substituents is 1. The third-order valence-electron chi connectivity index (χ3n) is 2.98. The molecule has 120 valence electrons. The highest BCUT2D eigenvalue weighted by Gasteiger charge is 2.22. The topological polar surface area (TPSA) is 122 Å². The summed E-state index contributed by atoms with van der Waals surface area (Å²) in [5, 5.41) is 25.1. The van der Waals surface area contributed by atoms with Crippen LogP contribution in [-0.2, 0) is 9.59 Å². The summed E-state index contributed by atoms with van der Waals surface area (Å²) in [7, 11) is 0. The van der Waals surface area contributed by atoms with Gasteiger partial charge in [-0.3, -0.25) is 19.7 Å². The highest BCUT2D eigenvalue weighted by atomic mass is 16.6. The van der Waals surface area contributed by atoms with Crippen LogP contribution in [0.5, 0.6) is 0 Å². The van der Waals surface area contributed by atoms with E-state index in [0.717, 1.165) is 12.8 Å². The van der Waals surface area contributed by atoms with Crippen molar-refractivity contribution in [2.75, 3.05) is 11.9 Å². The molecule has 0 aliphatic rings. The third kappa shape index (κ3) is 5.49. The van der Waals surface area contributed by atoms with Gasteiger partial charge >= 0.3 is 5.97 Å². The minimum Gasteiger partial charge on any atom is -0.480 e. The minimum absolute atomic E-state index is 0.0511. The summed E-state index contributed by atoms with van der Waals surface area (Å²) in [4.78, 5) is 33.3. The van der Waals surface area contributed by atoms with Crippen molar-refractivity contribution in [3.63, 3.8) is 0 Å². The number of para-hydroxylation sites is 2. The van der Waals surface area contributed by atoms with Crippen molar-refractivity contribution in [3.05, 3.63) is 34.4 Å². The number of benzene rings is 1. The van der Waals surface area contributed by atoms with Gasteiger partial charge in [-0.15, -0.1) is 0 Å². The Kier molecular flexibility index (Phi) is 6.97. The summed E-state index contributed by atoms with van der Waals surface area (Å²) in [6, 6.07) is 4.69. The molecule has 0 aliphatic heterocycles. The summed E-state index contributed by atoms with van der Waals surface area (Å²) in [6.45, 7) is 2.46. The van der Waals surface area contributed by atoms with Gasteiger partial charge in [0.25, 0.3) is 5.69 Å². The van der Waals surface area contributed by atoms with Gasteiger partial charge < -0.3 is 15.7 Å². The van der Waals surface area contributed by atoms with Gasteiger partial charge in [0.1, 0.15) is 11.7 Å². The number of anilines is 1. The first kappa shape index (κ1) is 17.6. The lowest BCUT2D eigenvalue weighted by atomic mass is 10.1. The average Bonchev–Trinajstić information content (AvgIpc) is 2.46. The summed E-state index contributed by atoms with van der Waals surface area (Å²) >= 11 is 0. The first-order valence-electron chi connectivity index (χ1n) is 6.95. The molecule has 0 spiro atoms. The van der Waals surface area contributed by atoms with Crippen molar-refractivity contribution in [1.29, 1.82) is 0 Å². The molecule has 0 aliphatic carbocycles. The highest BCUT2D eigenvalue weighted by molar-refractivity contribution is 5.95. The molecule has 3 N–H and O–H groups in total. The molecule has 1 aromatic carbocycles. The van der Waals surface area contributed by atoms with Crippen LogP contribution >= 0.6 is 0 Å². The molecule has 22 heavy (non-hydrogen) atoms. The van der Waals surface area contributed by atoms with Crippen LogP contribution in [0.4, 0.5) is 11.4 Å². The molecular formula is C14H19N3O5. The predicted octanol–water partition coefficient (Wildman–Crippen LogP) is 1.77. The standard InChI is InChI=1S/C14H19N3O5/c1-2-3-8-15-11(14(19)20)9-13(18)16-10-6-4-5-7-12(10)17(21)22/h4-7,11,15H,2-3,8-9H2,1H3,(H,16,18)(H,19,20)/t11-/m1/s1. The second kappa shape index (κ2) is 8.73. The molecule has 0 saturated carbocycles. The molecule has 1 rings (SSSR count). The Bertz CT molecular complexity index is 547. The summed E-state index contributed by atoms with van der Waals surface area (Å²) < 4.78 is 0. The van der Waals surface area contributed by atoms with Crippen molar-refractivity contribution in [2.45, 2.75) is 32.2 Å². The molecule has 0 unspecified atom stereocenters. The van der Waals surface area contributed by atoms with Gasteiger partial charge in [0, 0.05) is 6.07 Å².